The number of non-ortho nitro benzene ring substituents is 1. The summed E-state index contributed by atoms with van der Waals surface area (Å²) in [6.07, 6.45) is 0.769. The fourth-order valence-corrected chi connectivity index (χ4v) is 8.21. The highest BCUT2D eigenvalue weighted by Gasteiger charge is 2.45. The Hall–Kier alpha value is -3.82. The summed E-state index contributed by atoms with van der Waals surface area (Å²) in [4.78, 5) is 10.5. The first-order chi connectivity index (χ1) is 16.1. The van der Waals surface area contributed by atoms with Gasteiger partial charge in [-0.2, -0.15) is 5.10 Å². The van der Waals surface area contributed by atoms with Crippen LogP contribution >= 0.6 is 7.26 Å². The normalized spacial score (nSPS) is 11.7. The Morgan fingerprint density at radius 2 is 1.18 bits per heavy atom. The van der Waals surface area contributed by atoms with Crippen molar-refractivity contribution in [1.29, 1.82) is 0 Å². The first-order valence-corrected chi connectivity index (χ1v) is 12.7. The van der Waals surface area contributed by atoms with Crippen molar-refractivity contribution in [3.8, 4) is 0 Å². The van der Waals surface area contributed by atoms with Crippen LogP contribution in [0.4, 0.5) is 11.4 Å². The number of hydrogen-bond acceptors (Lipinski definition) is 4. The summed E-state index contributed by atoms with van der Waals surface area (Å²) in [6, 6.07) is 38.3. The molecule has 0 fully saturated rings. The lowest BCUT2D eigenvalue weighted by Gasteiger charge is -2.27. The average Bonchev–Trinajstić information content (AvgIpc) is 2.88. The van der Waals surface area contributed by atoms with Crippen LogP contribution in [-0.4, -0.2) is 16.8 Å². The molecule has 0 saturated carbocycles. The highest BCUT2D eigenvalue weighted by Crippen LogP contribution is 2.55. The smallest absolute Gasteiger partial charge is 0.269 e. The maximum atomic E-state index is 10.9. The van der Waals surface area contributed by atoms with Crippen LogP contribution in [0.25, 0.3) is 0 Å². The molecule has 0 radical (unpaired) electrons. The van der Waals surface area contributed by atoms with Crippen molar-refractivity contribution in [2.45, 2.75) is 6.92 Å². The summed E-state index contributed by atoms with van der Waals surface area (Å²) in [5.41, 5.74) is 4.80. The van der Waals surface area contributed by atoms with Gasteiger partial charge in [0, 0.05) is 12.1 Å². The molecule has 0 bridgehead atoms. The van der Waals surface area contributed by atoms with E-state index < -0.39 is 12.2 Å². The fourth-order valence-electron chi connectivity index (χ4n) is 3.96. The van der Waals surface area contributed by atoms with Crippen molar-refractivity contribution in [3.05, 3.63) is 125 Å². The molecule has 4 rings (SSSR count). The molecule has 0 aliphatic rings. The van der Waals surface area contributed by atoms with E-state index in [4.69, 9.17) is 0 Å². The molecule has 0 saturated heterocycles. The van der Waals surface area contributed by atoms with Gasteiger partial charge in [0.15, 0.2) is 0 Å². The van der Waals surface area contributed by atoms with Crippen molar-refractivity contribution < 1.29 is 4.92 Å². The van der Waals surface area contributed by atoms with Crippen molar-refractivity contribution in [2.24, 2.45) is 5.10 Å². The molecule has 0 unspecified atom stereocenters. The molecule has 1 N–H and O–H groups in total. The van der Waals surface area contributed by atoms with Gasteiger partial charge in [0.1, 0.15) is 29.3 Å². The standard InChI is InChI=1S/C27H25N3O2P/c1-22(28-29-23-17-19-24(20-18-23)30(31)32)21-33(25-11-5-2-6-12-25,26-13-7-3-8-14-26)27-15-9-4-10-16-27/h2-20,29H,21H2,1H3/q+1. The number of nitro groups is 1. The molecule has 0 aliphatic heterocycles. The van der Waals surface area contributed by atoms with Crippen LogP contribution in [0.15, 0.2) is 120 Å². The third-order valence-electron chi connectivity index (χ3n) is 5.51. The van der Waals surface area contributed by atoms with Gasteiger partial charge in [0.2, 0.25) is 0 Å². The lowest BCUT2D eigenvalue weighted by Crippen LogP contribution is -2.35. The van der Waals surface area contributed by atoms with Crippen molar-refractivity contribution in [2.75, 3.05) is 11.6 Å². The summed E-state index contributed by atoms with van der Waals surface area (Å²) in [5, 5.41) is 19.5. The predicted molar refractivity (Wildman–Crippen MR) is 140 cm³/mol. The van der Waals surface area contributed by atoms with Crippen LogP contribution in [0, 0.1) is 10.1 Å². The van der Waals surface area contributed by atoms with Gasteiger partial charge in [0.05, 0.1) is 16.3 Å². The van der Waals surface area contributed by atoms with Gasteiger partial charge in [-0.25, -0.2) is 0 Å². The maximum absolute atomic E-state index is 10.9. The lowest BCUT2D eigenvalue weighted by molar-refractivity contribution is -0.384. The molecule has 0 spiro atoms. The molecule has 33 heavy (non-hydrogen) atoms. The number of nitrogens with one attached hydrogen (secondary N) is 1. The van der Waals surface area contributed by atoms with Gasteiger partial charge < -0.3 is 0 Å². The van der Waals surface area contributed by atoms with Gasteiger partial charge in [-0.15, -0.1) is 0 Å². The van der Waals surface area contributed by atoms with Gasteiger partial charge in [-0.3, -0.25) is 15.5 Å². The SMILES string of the molecule is CC(C[P+](c1ccccc1)(c1ccccc1)c1ccccc1)=NNc1ccc([N+](=O)[O-])cc1. The highest BCUT2D eigenvalue weighted by atomic mass is 31.2. The average molecular weight is 454 g/mol. The van der Waals surface area contributed by atoms with E-state index in [1.54, 1.807) is 12.1 Å². The molecule has 6 heteroatoms. The minimum absolute atomic E-state index is 0.0587. The summed E-state index contributed by atoms with van der Waals surface area (Å²) in [7, 11) is -2.01. The van der Waals surface area contributed by atoms with E-state index in [0.29, 0.717) is 5.69 Å². The Balaban J connectivity index is 1.75. The van der Waals surface area contributed by atoms with Crippen LogP contribution in [-0.2, 0) is 0 Å². The first kappa shape index (κ1) is 22.4. The third kappa shape index (κ3) is 5.00. The van der Waals surface area contributed by atoms with Crippen LogP contribution in [0.5, 0.6) is 0 Å². The molecule has 4 aromatic carbocycles. The summed E-state index contributed by atoms with van der Waals surface area (Å²) < 4.78 is 0. The zero-order valence-electron chi connectivity index (χ0n) is 18.3. The minimum atomic E-state index is -2.01. The van der Waals surface area contributed by atoms with Crippen LogP contribution in [0.2, 0.25) is 0 Å². The van der Waals surface area contributed by atoms with E-state index in [-0.39, 0.29) is 5.69 Å². The Kier molecular flexibility index (Phi) is 6.92. The minimum Gasteiger partial charge on any atom is -0.278 e. The first-order valence-electron chi connectivity index (χ1n) is 10.7. The second kappa shape index (κ2) is 10.2. The Morgan fingerprint density at radius 1 is 0.758 bits per heavy atom. The van der Waals surface area contributed by atoms with E-state index in [9.17, 15) is 10.1 Å². The maximum Gasteiger partial charge on any atom is 0.269 e. The van der Waals surface area contributed by atoms with Crippen molar-refractivity contribution in [3.63, 3.8) is 0 Å². The molecule has 0 heterocycles. The third-order valence-corrected chi connectivity index (χ3v) is 9.98. The molecule has 0 amide bonds. The Labute approximate surface area is 194 Å². The quantitative estimate of drug-likeness (QED) is 0.168. The molecule has 5 nitrogen and oxygen atoms in total. The summed E-state index contributed by atoms with van der Waals surface area (Å²) in [6.45, 7) is 2.03. The van der Waals surface area contributed by atoms with Crippen LogP contribution in [0.1, 0.15) is 6.92 Å². The van der Waals surface area contributed by atoms with Crippen LogP contribution in [0.3, 0.4) is 0 Å². The number of rotatable bonds is 8. The molecule has 164 valence electrons. The van der Waals surface area contributed by atoms with E-state index in [2.05, 4.69) is 83.3 Å². The second-order valence-corrected chi connectivity index (χ2v) is 11.2. The summed E-state index contributed by atoms with van der Waals surface area (Å²) >= 11 is 0. The van der Waals surface area contributed by atoms with Gasteiger partial charge in [-0.1, -0.05) is 54.6 Å². The molecular weight excluding hydrogens is 429 g/mol. The number of benzene rings is 4. The highest BCUT2D eigenvalue weighted by molar-refractivity contribution is 7.96. The zero-order chi connectivity index (χ0) is 23.1. The molecular formula is C27H25N3O2P+. The molecule has 0 aliphatic carbocycles. The number of nitrogens with zero attached hydrogens (tertiary/aromatic N) is 2. The van der Waals surface area contributed by atoms with E-state index >= 15 is 0 Å². The molecule has 4 aromatic rings. The monoisotopic (exact) mass is 454 g/mol. The molecule has 0 aromatic heterocycles. The lowest BCUT2D eigenvalue weighted by atomic mass is 10.3. The van der Waals surface area contributed by atoms with Gasteiger partial charge in [-0.05, 0) is 55.5 Å². The largest absolute Gasteiger partial charge is 0.278 e. The van der Waals surface area contributed by atoms with E-state index in [1.165, 1.54) is 28.0 Å². The van der Waals surface area contributed by atoms with E-state index in [1.807, 2.05) is 25.1 Å². The van der Waals surface area contributed by atoms with Crippen molar-refractivity contribution >= 4 is 40.3 Å². The molecule has 0 atom stereocenters. The topological polar surface area (TPSA) is 67.5 Å². The van der Waals surface area contributed by atoms with Crippen molar-refractivity contribution in [1.82, 2.24) is 0 Å². The predicted octanol–water partition coefficient (Wildman–Crippen LogP) is 5.38. The zero-order valence-corrected chi connectivity index (χ0v) is 19.2. The Morgan fingerprint density at radius 3 is 1.58 bits per heavy atom. The Bertz CT molecular complexity index is 1130. The number of hydrogen-bond donors (Lipinski definition) is 1. The summed E-state index contributed by atoms with van der Waals surface area (Å²) in [5.74, 6) is 0. The second-order valence-electron chi connectivity index (χ2n) is 7.74. The van der Waals surface area contributed by atoms with E-state index in [0.717, 1.165) is 11.9 Å². The van der Waals surface area contributed by atoms with Gasteiger partial charge >= 0.3 is 0 Å². The number of anilines is 1. The van der Waals surface area contributed by atoms with Gasteiger partial charge in [0.25, 0.3) is 5.69 Å². The number of hydrazone groups is 1. The number of nitro benzene ring substituents is 1. The van der Waals surface area contributed by atoms with Crippen LogP contribution < -0.4 is 21.3 Å². The fraction of sp³-hybridized carbons (Fsp3) is 0.0741.